The minimum absolute atomic E-state index is 0.0416. The van der Waals surface area contributed by atoms with E-state index >= 15 is 0 Å². The fourth-order valence-electron chi connectivity index (χ4n) is 2.83. The van der Waals surface area contributed by atoms with Crippen molar-refractivity contribution in [1.29, 1.82) is 0 Å². The largest absolute Gasteiger partial charge is 0.321 e. The average Bonchev–Trinajstić information content (AvgIpc) is 3.09. The zero-order valence-electron chi connectivity index (χ0n) is 11.6. The maximum atomic E-state index is 14.0. The van der Waals surface area contributed by atoms with Crippen LogP contribution < -0.4 is 5.32 Å². The maximum absolute atomic E-state index is 14.0. The highest BCUT2D eigenvalue weighted by Crippen LogP contribution is 2.46. The Morgan fingerprint density at radius 1 is 1.40 bits per heavy atom. The Bertz CT molecular complexity index is 555. The minimum Gasteiger partial charge on any atom is -0.321 e. The van der Waals surface area contributed by atoms with E-state index in [4.69, 9.17) is 0 Å². The number of benzene rings is 1. The highest BCUT2D eigenvalue weighted by atomic mass is 19.1. The summed E-state index contributed by atoms with van der Waals surface area (Å²) in [4.78, 5) is 14.1. The van der Waals surface area contributed by atoms with Gasteiger partial charge in [0, 0.05) is 18.2 Å². The molecule has 0 radical (unpaired) electrons. The number of hydrogen-bond acceptors (Lipinski definition) is 2. The van der Waals surface area contributed by atoms with Crippen molar-refractivity contribution in [1.82, 2.24) is 10.2 Å². The standard InChI is InChI=1S/C15H18F2N2O/c1-9(2)8-19-13(18-15(5-6-15)14(19)20)11-4-3-10(16)7-12(11)17/h3-4,7,9,13,18H,5-6,8H2,1-2H3. The van der Waals surface area contributed by atoms with Crippen molar-refractivity contribution in [3.8, 4) is 0 Å². The lowest BCUT2D eigenvalue weighted by Gasteiger charge is -2.26. The second kappa shape index (κ2) is 4.52. The van der Waals surface area contributed by atoms with Gasteiger partial charge in [0.05, 0.1) is 0 Å². The van der Waals surface area contributed by atoms with Crippen molar-refractivity contribution in [2.75, 3.05) is 6.54 Å². The summed E-state index contributed by atoms with van der Waals surface area (Å²) in [5.74, 6) is -0.880. The second-order valence-corrected chi connectivity index (χ2v) is 6.15. The van der Waals surface area contributed by atoms with Crippen LogP contribution in [0.3, 0.4) is 0 Å². The van der Waals surface area contributed by atoms with Gasteiger partial charge in [0.2, 0.25) is 5.91 Å². The van der Waals surface area contributed by atoms with Crippen LogP contribution in [0.5, 0.6) is 0 Å². The number of amides is 1. The van der Waals surface area contributed by atoms with Crippen LogP contribution in [-0.4, -0.2) is 22.9 Å². The Labute approximate surface area is 117 Å². The normalized spacial score (nSPS) is 23.9. The van der Waals surface area contributed by atoms with Crippen LogP contribution in [0.1, 0.15) is 38.4 Å². The van der Waals surface area contributed by atoms with E-state index in [1.54, 1.807) is 4.90 Å². The maximum Gasteiger partial charge on any atom is 0.244 e. The van der Waals surface area contributed by atoms with Crippen LogP contribution >= 0.6 is 0 Å². The Morgan fingerprint density at radius 3 is 2.65 bits per heavy atom. The van der Waals surface area contributed by atoms with Crippen molar-refractivity contribution in [2.45, 2.75) is 38.4 Å². The molecule has 20 heavy (non-hydrogen) atoms. The number of carbonyl (C=O) groups is 1. The summed E-state index contributed by atoms with van der Waals surface area (Å²) in [7, 11) is 0. The van der Waals surface area contributed by atoms with Gasteiger partial charge in [-0.15, -0.1) is 0 Å². The van der Waals surface area contributed by atoms with Crippen LogP contribution in [0.25, 0.3) is 0 Å². The molecule has 1 aromatic rings. The highest BCUT2D eigenvalue weighted by Gasteiger charge is 2.59. The Hall–Kier alpha value is -1.49. The number of carbonyl (C=O) groups excluding carboxylic acids is 1. The van der Waals surface area contributed by atoms with Gasteiger partial charge in [-0.1, -0.05) is 13.8 Å². The summed E-state index contributed by atoms with van der Waals surface area (Å²) >= 11 is 0. The Balaban J connectivity index is 1.95. The van der Waals surface area contributed by atoms with Gasteiger partial charge in [-0.3, -0.25) is 10.1 Å². The molecule has 1 N–H and O–H groups in total. The van der Waals surface area contributed by atoms with E-state index < -0.39 is 23.3 Å². The fraction of sp³-hybridized carbons (Fsp3) is 0.533. The van der Waals surface area contributed by atoms with Crippen LogP contribution in [-0.2, 0) is 4.79 Å². The molecular weight excluding hydrogens is 262 g/mol. The lowest BCUT2D eigenvalue weighted by atomic mass is 10.1. The first-order chi connectivity index (χ1) is 9.43. The van der Waals surface area contributed by atoms with Crippen LogP contribution in [0.2, 0.25) is 0 Å². The van der Waals surface area contributed by atoms with Crippen molar-refractivity contribution in [2.24, 2.45) is 5.92 Å². The van der Waals surface area contributed by atoms with Crippen LogP contribution in [0.4, 0.5) is 8.78 Å². The fourth-order valence-corrected chi connectivity index (χ4v) is 2.83. The molecule has 0 aromatic heterocycles. The van der Waals surface area contributed by atoms with E-state index in [9.17, 15) is 13.6 Å². The molecular formula is C15H18F2N2O. The molecule has 1 unspecified atom stereocenters. The predicted octanol–water partition coefficient (Wildman–Crippen LogP) is 2.58. The molecule has 1 aliphatic heterocycles. The molecule has 1 spiro atoms. The first-order valence-electron chi connectivity index (χ1n) is 6.97. The van der Waals surface area contributed by atoms with Crippen molar-refractivity contribution in [3.63, 3.8) is 0 Å². The Kier molecular flexibility index (Phi) is 3.05. The lowest BCUT2D eigenvalue weighted by Crippen LogP contribution is -2.35. The zero-order valence-corrected chi connectivity index (χ0v) is 11.6. The van der Waals surface area contributed by atoms with Crippen LogP contribution in [0.15, 0.2) is 18.2 Å². The molecule has 1 atom stereocenters. The number of hydrogen-bond donors (Lipinski definition) is 1. The molecule has 1 amide bonds. The number of halogens is 2. The quantitative estimate of drug-likeness (QED) is 0.923. The molecule has 1 aliphatic carbocycles. The molecule has 1 aromatic carbocycles. The molecule has 108 valence electrons. The van der Waals surface area contributed by atoms with Crippen molar-refractivity contribution in [3.05, 3.63) is 35.4 Å². The molecule has 2 fully saturated rings. The summed E-state index contributed by atoms with van der Waals surface area (Å²) in [6.07, 6.45) is 1.09. The number of nitrogens with zero attached hydrogens (tertiary/aromatic N) is 1. The van der Waals surface area contributed by atoms with Crippen LogP contribution in [0, 0.1) is 17.6 Å². The molecule has 3 nitrogen and oxygen atoms in total. The minimum atomic E-state index is -0.609. The second-order valence-electron chi connectivity index (χ2n) is 6.15. The molecule has 1 saturated heterocycles. The van der Waals surface area contributed by atoms with Gasteiger partial charge in [0.25, 0.3) is 0 Å². The molecule has 2 aliphatic rings. The average molecular weight is 280 g/mol. The SMILES string of the molecule is CC(C)CN1C(=O)C2(CC2)NC1c1ccc(F)cc1F. The van der Waals surface area contributed by atoms with Gasteiger partial charge in [-0.2, -0.15) is 0 Å². The third-order valence-corrected chi connectivity index (χ3v) is 3.96. The Morgan fingerprint density at radius 2 is 2.10 bits per heavy atom. The summed E-state index contributed by atoms with van der Waals surface area (Å²) in [5, 5.41) is 3.24. The van der Waals surface area contributed by atoms with Crippen molar-refractivity contribution < 1.29 is 13.6 Å². The topological polar surface area (TPSA) is 32.3 Å². The van der Waals surface area contributed by atoms with Gasteiger partial charge < -0.3 is 4.90 Å². The van der Waals surface area contributed by atoms with E-state index in [1.807, 2.05) is 13.8 Å². The highest BCUT2D eigenvalue weighted by molar-refractivity contribution is 5.92. The summed E-state index contributed by atoms with van der Waals surface area (Å²) in [6.45, 7) is 4.60. The van der Waals surface area contributed by atoms with E-state index in [0.717, 1.165) is 18.9 Å². The summed E-state index contributed by atoms with van der Waals surface area (Å²) < 4.78 is 27.0. The first-order valence-corrected chi connectivity index (χ1v) is 6.97. The molecule has 0 bridgehead atoms. The molecule has 3 rings (SSSR count). The van der Waals surface area contributed by atoms with E-state index in [0.29, 0.717) is 18.0 Å². The third-order valence-electron chi connectivity index (χ3n) is 3.96. The van der Waals surface area contributed by atoms with Gasteiger partial charge in [-0.25, -0.2) is 8.78 Å². The van der Waals surface area contributed by atoms with Gasteiger partial charge in [0.15, 0.2) is 0 Å². The molecule has 1 saturated carbocycles. The third kappa shape index (κ3) is 2.10. The summed E-state index contributed by atoms with van der Waals surface area (Å²) in [5.41, 5.74) is -0.162. The number of nitrogens with one attached hydrogen (secondary N) is 1. The summed E-state index contributed by atoms with van der Waals surface area (Å²) in [6, 6.07) is 3.52. The predicted molar refractivity (Wildman–Crippen MR) is 70.8 cm³/mol. The van der Waals surface area contributed by atoms with Gasteiger partial charge in [0.1, 0.15) is 23.3 Å². The monoisotopic (exact) mass is 280 g/mol. The van der Waals surface area contributed by atoms with E-state index in [-0.39, 0.29) is 5.91 Å². The lowest BCUT2D eigenvalue weighted by molar-refractivity contribution is -0.131. The van der Waals surface area contributed by atoms with Gasteiger partial charge >= 0.3 is 0 Å². The molecule has 1 heterocycles. The van der Waals surface area contributed by atoms with Crippen molar-refractivity contribution >= 4 is 5.91 Å². The number of rotatable bonds is 3. The van der Waals surface area contributed by atoms with E-state index in [1.165, 1.54) is 12.1 Å². The zero-order chi connectivity index (χ0) is 14.5. The first kappa shape index (κ1) is 13.5. The molecule has 5 heteroatoms. The van der Waals surface area contributed by atoms with Gasteiger partial charge in [-0.05, 0) is 30.9 Å². The van der Waals surface area contributed by atoms with E-state index in [2.05, 4.69) is 5.32 Å². The smallest absolute Gasteiger partial charge is 0.244 e.